The highest BCUT2D eigenvalue weighted by Crippen LogP contribution is 2.40. The molecule has 1 saturated carbocycles. The second kappa shape index (κ2) is 5.44. The first-order chi connectivity index (χ1) is 11.5. The van der Waals surface area contributed by atoms with Gasteiger partial charge in [0.05, 0.1) is 5.69 Å². The van der Waals surface area contributed by atoms with E-state index in [0.717, 1.165) is 35.5 Å². The molecule has 4 rings (SSSR count). The summed E-state index contributed by atoms with van der Waals surface area (Å²) < 4.78 is 4.97. The Morgan fingerprint density at radius 3 is 2.58 bits per heavy atom. The molecule has 1 aliphatic carbocycles. The van der Waals surface area contributed by atoms with Gasteiger partial charge in [-0.05, 0) is 12.8 Å². The normalized spacial score (nSPS) is 18.0. The maximum Gasteiger partial charge on any atom is 0.330 e. The summed E-state index contributed by atoms with van der Waals surface area (Å²) in [6.45, 7) is 2.29. The van der Waals surface area contributed by atoms with Gasteiger partial charge in [0.15, 0.2) is 0 Å². The van der Waals surface area contributed by atoms with E-state index in [1.54, 1.807) is 17.7 Å². The topological polar surface area (TPSA) is 65.1 Å². The second-order valence-electron chi connectivity index (χ2n) is 7.03. The summed E-state index contributed by atoms with van der Waals surface area (Å²) in [6, 6.07) is 1.56. The van der Waals surface area contributed by atoms with Crippen LogP contribution in [0.3, 0.4) is 0 Å². The molecule has 1 fully saturated rings. The fourth-order valence-corrected chi connectivity index (χ4v) is 3.60. The summed E-state index contributed by atoms with van der Waals surface area (Å²) >= 11 is 0. The largest absolute Gasteiger partial charge is 0.335 e. The molecule has 24 heavy (non-hydrogen) atoms. The molecule has 0 unspecified atom stereocenters. The Balaban J connectivity index is 1.59. The summed E-state index contributed by atoms with van der Waals surface area (Å²) in [6.07, 6.45) is 3.47. The average molecular weight is 329 g/mol. The molecule has 0 aromatic carbocycles. The summed E-state index contributed by atoms with van der Waals surface area (Å²) in [5.41, 5.74) is 2.72. The molecule has 0 saturated heterocycles. The van der Waals surface area contributed by atoms with Gasteiger partial charge < -0.3 is 4.57 Å². The molecular formula is C17H23N5O2. The minimum atomic E-state index is -0.274. The zero-order chi connectivity index (χ0) is 17.0. The minimum absolute atomic E-state index is 0.250. The molecule has 0 N–H and O–H groups in total. The van der Waals surface area contributed by atoms with Crippen LogP contribution < -0.4 is 11.2 Å². The molecule has 1 aliphatic heterocycles. The van der Waals surface area contributed by atoms with Crippen LogP contribution in [0.15, 0.2) is 15.7 Å². The maximum absolute atomic E-state index is 12.1. The van der Waals surface area contributed by atoms with Gasteiger partial charge in [0.1, 0.15) is 5.82 Å². The van der Waals surface area contributed by atoms with Gasteiger partial charge in [-0.2, -0.15) is 0 Å². The summed E-state index contributed by atoms with van der Waals surface area (Å²) in [7, 11) is 5.35. The number of aromatic nitrogens is 4. The SMILES string of the molecule is Cn1c(C2CC2)nc2c1CCN(Cc1cc(=O)n(C)c(=O)n1C)C2. The van der Waals surface area contributed by atoms with E-state index < -0.39 is 0 Å². The Hall–Kier alpha value is -2.15. The third-order valence-corrected chi connectivity index (χ3v) is 5.32. The van der Waals surface area contributed by atoms with Crippen molar-refractivity contribution in [2.45, 2.75) is 38.3 Å². The molecule has 7 heteroatoms. The van der Waals surface area contributed by atoms with E-state index >= 15 is 0 Å². The third-order valence-electron chi connectivity index (χ3n) is 5.32. The lowest BCUT2D eigenvalue weighted by Gasteiger charge is -2.27. The van der Waals surface area contributed by atoms with Crippen molar-refractivity contribution in [1.82, 2.24) is 23.6 Å². The number of nitrogens with zero attached hydrogens (tertiary/aromatic N) is 5. The van der Waals surface area contributed by atoms with Crippen molar-refractivity contribution in [3.8, 4) is 0 Å². The predicted molar refractivity (Wildman–Crippen MR) is 89.9 cm³/mol. The van der Waals surface area contributed by atoms with Crippen LogP contribution in [0.4, 0.5) is 0 Å². The van der Waals surface area contributed by atoms with Crippen molar-refractivity contribution in [2.24, 2.45) is 21.1 Å². The lowest BCUT2D eigenvalue weighted by atomic mass is 10.1. The summed E-state index contributed by atoms with van der Waals surface area (Å²) in [5.74, 6) is 1.87. The van der Waals surface area contributed by atoms with Crippen molar-refractivity contribution in [2.75, 3.05) is 6.54 Å². The average Bonchev–Trinajstić information content (AvgIpc) is 3.35. The zero-order valence-electron chi connectivity index (χ0n) is 14.4. The first-order valence-corrected chi connectivity index (χ1v) is 8.48. The number of hydrogen-bond acceptors (Lipinski definition) is 4. The predicted octanol–water partition coefficient (Wildman–Crippen LogP) is 0.253. The van der Waals surface area contributed by atoms with Crippen LogP contribution in [0.5, 0.6) is 0 Å². The van der Waals surface area contributed by atoms with Crippen LogP contribution in [0.25, 0.3) is 0 Å². The van der Waals surface area contributed by atoms with Crippen LogP contribution in [-0.4, -0.2) is 30.1 Å². The van der Waals surface area contributed by atoms with Crippen LogP contribution in [0, 0.1) is 0 Å². The molecular weight excluding hydrogens is 306 g/mol. The van der Waals surface area contributed by atoms with Crippen LogP contribution in [-0.2, 0) is 40.7 Å². The van der Waals surface area contributed by atoms with Gasteiger partial charge in [-0.25, -0.2) is 9.78 Å². The van der Waals surface area contributed by atoms with Gasteiger partial charge in [-0.15, -0.1) is 0 Å². The van der Waals surface area contributed by atoms with E-state index in [-0.39, 0.29) is 11.2 Å². The summed E-state index contributed by atoms with van der Waals surface area (Å²) in [4.78, 5) is 31.1. The van der Waals surface area contributed by atoms with E-state index in [4.69, 9.17) is 4.98 Å². The number of hydrogen-bond donors (Lipinski definition) is 0. The van der Waals surface area contributed by atoms with Gasteiger partial charge in [0.25, 0.3) is 5.56 Å². The van der Waals surface area contributed by atoms with E-state index in [0.29, 0.717) is 12.5 Å². The Bertz CT molecular complexity index is 916. The molecule has 0 spiro atoms. The quantitative estimate of drug-likeness (QED) is 0.810. The second-order valence-corrected chi connectivity index (χ2v) is 7.03. The molecule has 7 nitrogen and oxygen atoms in total. The Morgan fingerprint density at radius 2 is 1.88 bits per heavy atom. The highest BCUT2D eigenvalue weighted by molar-refractivity contribution is 5.24. The third kappa shape index (κ3) is 2.43. The first-order valence-electron chi connectivity index (χ1n) is 8.48. The number of imidazole rings is 1. The number of rotatable bonds is 3. The molecule has 2 aromatic rings. The molecule has 0 atom stereocenters. The Kier molecular flexibility index (Phi) is 3.49. The Labute approximate surface area is 140 Å². The van der Waals surface area contributed by atoms with Crippen LogP contribution in [0.1, 0.15) is 41.7 Å². The van der Waals surface area contributed by atoms with Crippen molar-refractivity contribution in [3.63, 3.8) is 0 Å². The fraction of sp³-hybridized carbons (Fsp3) is 0.588. The fourth-order valence-electron chi connectivity index (χ4n) is 3.60. The van der Waals surface area contributed by atoms with Crippen molar-refractivity contribution < 1.29 is 0 Å². The van der Waals surface area contributed by atoms with Crippen LogP contribution >= 0.6 is 0 Å². The first kappa shape index (κ1) is 15.4. The molecule has 2 aromatic heterocycles. The number of fused-ring (bicyclic) bond motifs is 1. The van der Waals surface area contributed by atoms with Crippen molar-refractivity contribution in [1.29, 1.82) is 0 Å². The van der Waals surface area contributed by atoms with E-state index in [9.17, 15) is 9.59 Å². The van der Waals surface area contributed by atoms with E-state index in [1.165, 1.54) is 31.4 Å². The maximum atomic E-state index is 12.1. The highest BCUT2D eigenvalue weighted by atomic mass is 16.2. The van der Waals surface area contributed by atoms with Gasteiger partial charge >= 0.3 is 5.69 Å². The standard InChI is InChI=1S/C17H23N5O2/c1-19-12(8-15(23)21(3)17(19)24)9-22-7-6-14-13(10-22)18-16(20(14)2)11-4-5-11/h8,11H,4-7,9-10H2,1-3H3. The molecule has 0 amide bonds. The molecule has 0 radical (unpaired) electrons. The van der Waals surface area contributed by atoms with Gasteiger partial charge in [0, 0.05) is 70.6 Å². The molecule has 128 valence electrons. The van der Waals surface area contributed by atoms with Gasteiger partial charge in [0.2, 0.25) is 0 Å². The minimum Gasteiger partial charge on any atom is -0.335 e. The highest BCUT2D eigenvalue weighted by Gasteiger charge is 2.31. The molecule has 0 bridgehead atoms. The van der Waals surface area contributed by atoms with E-state index in [2.05, 4.69) is 16.5 Å². The molecule has 2 aliphatic rings. The molecule has 3 heterocycles. The smallest absolute Gasteiger partial charge is 0.330 e. The lowest BCUT2D eigenvalue weighted by molar-refractivity contribution is 0.233. The van der Waals surface area contributed by atoms with E-state index in [1.807, 2.05) is 0 Å². The van der Waals surface area contributed by atoms with Crippen molar-refractivity contribution >= 4 is 0 Å². The Morgan fingerprint density at radius 1 is 1.12 bits per heavy atom. The van der Waals surface area contributed by atoms with Crippen molar-refractivity contribution in [3.05, 3.63) is 49.8 Å². The van der Waals surface area contributed by atoms with Gasteiger partial charge in [-0.3, -0.25) is 18.8 Å². The zero-order valence-corrected chi connectivity index (χ0v) is 14.4. The lowest BCUT2D eigenvalue weighted by Crippen LogP contribution is -2.40. The van der Waals surface area contributed by atoms with Crippen LogP contribution in [0.2, 0.25) is 0 Å². The summed E-state index contributed by atoms with van der Waals surface area (Å²) in [5, 5.41) is 0. The monoisotopic (exact) mass is 329 g/mol. The van der Waals surface area contributed by atoms with Gasteiger partial charge in [-0.1, -0.05) is 0 Å².